The molecule has 0 radical (unpaired) electrons. The first-order chi connectivity index (χ1) is 9.76. The van der Waals surface area contributed by atoms with Crippen molar-refractivity contribution >= 4 is 6.09 Å². The summed E-state index contributed by atoms with van der Waals surface area (Å²) in [5, 5.41) is 2.80. The second kappa shape index (κ2) is 7.31. The maximum atomic E-state index is 11.9. The first-order valence-electron chi connectivity index (χ1n) is 7.19. The molecule has 1 rings (SSSR count). The number of carbonyl (C=O) groups excluding carboxylic acids is 1. The molecule has 0 saturated heterocycles. The van der Waals surface area contributed by atoms with Gasteiger partial charge in [0.05, 0.1) is 12.6 Å². The van der Waals surface area contributed by atoms with Crippen molar-refractivity contribution < 1.29 is 14.3 Å². The Balaban J connectivity index is 2.83. The zero-order valence-electron chi connectivity index (χ0n) is 13.5. The minimum Gasteiger partial charge on any atom is -0.494 e. The van der Waals surface area contributed by atoms with E-state index in [0.29, 0.717) is 13.2 Å². The summed E-state index contributed by atoms with van der Waals surface area (Å²) in [6.07, 6.45) is -0.466. The van der Waals surface area contributed by atoms with Crippen LogP contribution in [0.4, 0.5) is 4.79 Å². The van der Waals surface area contributed by atoms with E-state index in [4.69, 9.17) is 15.2 Å². The maximum absolute atomic E-state index is 11.9. The molecule has 0 spiro atoms. The van der Waals surface area contributed by atoms with E-state index in [1.807, 2.05) is 52.8 Å². The van der Waals surface area contributed by atoms with E-state index in [1.54, 1.807) is 0 Å². The van der Waals surface area contributed by atoms with Crippen molar-refractivity contribution in [2.75, 3.05) is 13.2 Å². The molecule has 0 aliphatic rings. The molecule has 21 heavy (non-hydrogen) atoms. The number of rotatable bonds is 5. The normalized spacial score (nSPS) is 12.7. The summed E-state index contributed by atoms with van der Waals surface area (Å²) in [7, 11) is 0. The van der Waals surface area contributed by atoms with E-state index >= 15 is 0 Å². The van der Waals surface area contributed by atoms with Gasteiger partial charge in [-0.1, -0.05) is 6.07 Å². The van der Waals surface area contributed by atoms with Crippen molar-refractivity contribution in [3.8, 4) is 5.75 Å². The Morgan fingerprint density at radius 1 is 1.38 bits per heavy atom. The molecule has 0 aromatic heterocycles. The quantitative estimate of drug-likeness (QED) is 0.875. The zero-order valence-corrected chi connectivity index (χ0v) is 13.5. The molecule has 0 saturated carbocycles. The van der Waals surface area contributed by atoms with Crippen LogP contribution in [-0.2, 0) is 4.74 Å². The smallest absolute Gasteiger partial charge is 0.408 e. The molecular weight excluding hydrogens is 268 g/mol. The lowest BCUT2D eigenvalue weighted by atomic mass is 10.0. The third-order valence-electron chi connectivity index (χ3n) is 2.85. The lowest BCUT2D eigenvalue weighted by Gasteiger charge is -2.24. The molecule has 0 bridgehead atoms. The van der Waals surface area contributed by atoms with Crippen LogP contribution in [0, 0.1) is 6.92 Å². The summed E-state index contributed by atoms with van der Waals surface area (Å²) in [5.74, 6) is 0.812. The lowest BCUT2D eigenvalue weighted by molar-refractivity contribution is 0.0505. The van der Waals surface area contributed by atoms with Crippen LogP contribution in [-0.4, -0.2) is 24.8 Å². The van der Waals surface area contributed by atoms with Crippen molar-refractivity contribution in [1.29, 1.82) is 0 Å². The standard InChI is InChI=1S/C16H26N2O3/c1-6-20-12-7-8-13(11(2)9-12)14(10-17)18-15(19)21-16(3,4)5/h7-9,14H,6,10,17H2,1-5H3,(H,18,19). The highest BCUT2D eigenvalue weighted by molar-refractivity contribution is 5.68. The lowest BCUT2D eigenvalue weighted by Crippen LogP contribution is -2.38. The monoisotopic (exact) mass is 294 g/mol. The van der Waals surface area contributed by atoms with Gasteiger partial charge < -0.3 is 20.5 Å². The van der Waals surface area contributed by atoms with Crippen molar-refractivity contribution in [2.45, 2.75) is 46.3 Å². The van der Waals surface area contributed by atoms with Gasteiger partial charge in [-0.3, -0.25) is 0 Å². The van der Waals surface area contributed by atoms with E-state index in [-0.39, 0.29) is 6.04 Å². The number of benzene rings is 1. The second-order valence-corrected chi connectivity index (χ2v) is 5.89. The molecule has 0 heterocycles. The fourth-order valence-electron chi connectivity index (χ4n) is 2.01. The third kappa shape index (κ3) is 5.63. The number of nitrogens with one attached hydrogen (secondary N) is 1. The SMILES string of the molecule is CCOc1ccc(C(CN)NC(=O)OC(C)(C)C)c(C)c1. The van der Waals surface area contributed by atoms with E-state index in [9.17, 15) is 4.79 Å². The molecule has 1 unspecified atom stereocenters. The zero-order chi connectivity index (χ0) is 16.0. The topological polar surface area (TPSA) is 73.6 Å². The molecule has 118 valence electrons. The molecule has 3 N–H and O–H groups in total. The van der Waals surface area contributed by atoms with E-state index in [0.717, 1.165) is 16.9 Å². The number of alkyl carbamates (subject to hydrolysis) is 1. The highest BCUT2D eigenvalue weighted by Crippen LogP contribution is 2.22. The van der Waals surface area contributed by atoms with Crippen molar-refractivity contribution in [2.24, 2.45) is 5.73 Å². The van der Waals surface area contributed by atoms with Crippen LogP contribution >= 0.6 is 0 Å². The summed E-state index contributed by atoms with van der Waals surface area (Å²) in [6.45, 7) is 10.3. The Labute approximate surface area is 126 Å². The molecule has 0 aliphatic carbocycles. The second-order valence-electron chi connectivity index (χ2n) is 5.89. The van der Waals surface area contributed by atoms with Crippen LogP contribution in [0.25, 0.3) is 0 Å². The maximum Gasteiger partial charge on any atom is 0.408 e. The molecule has 1 atom stereocenters. The molecule has 1 aromatic rings. The summed E-state index contributed by atoms with van der Waals surface area (Å²) in [6, 6.07) is 5.47. The summed E-state index contributed by atoms with van der Waals surface area (Å²) in [4.78, 5) is 11.9. The minimum atomic E-state index is -0.531. The Kier molecular flexibility index (Phi) is 6.03. The molecule has 1 amide bonds. The van der Waals surface area contributed by atoms with E-state index < -0.39 is 11.7 Å². The van der Waals surface area contributed by atoms with Crippen LogP contribution in [0.15, 0.2) is 18.2 Å². The number of carbonyl (C=O) groups is 1. The van der Waals surface area contributed by atoms with Gasteiger partial charge in [0.1, 0.15) is 11.4 Å². The van der Waals surface area contributed by atoms with Gasteiger partial charge in [0.25, 0.3) is 0 Å². The van der Waals surface area contributed by atoms with E-state index in [2.05, 4.69) is 5.32 Å². The van der Waals surface area contributed by atoms with Crippen LogP contribution in [0.2, 0.25) is 0 Å². The molecule has 5 heteroatoms. The average Bonchev–Trinajstić information content (AvgIpc) is 2.35. The predicted octanol–water partition coefficient (Wildman–Crippen LogP) is 2.92. The molecule has 5 nitrogen and oxygen atoms in total. The fraction of sp³-hybridized carbons (Fsp3) is 0.562. The molecule has 1 aromatic carbocycles. The highest BCUT2D eigenvalue weighted by atomic mass is 16.6. The molecular formula is C16H26N2O3. The van der Waals surface area contributed by atoms with Gasteiger partial charge in [-0.05, 0) is 57.9 Å². The summed E-state index contributed by atoms with van der Waals surface area (Å²) >= 11 is 0. The molecule has 0 aliphatic heterocycles. The van der Waals surface area contributed by atoms with Gasteiger partial charge in [-0.25, -0.2) is 4.79 Å². The Bertz CT molecular complexity index is 481. The first kappa shape index (κ1) is 17.3. The van der Waals surface area contributed by atoms with Crippen LogP contribution in [0.1, 0.15) is 44.9 Å². The average molecular weight is 294 g/mol. The third-order valence-corrected chi connectivity index (χ3v) is 2.85. The van der Waals surface area contributed by atoms with Crippen molar-refractivity contribution in [3.63, 3.8) is 0 Å². The highest BCUT2D eigenvalue weighted by Gasteiger charge is 2.20. The van der Waals surface area contributed by atoms with Crippen LogP contribution < -0.4 is 15.8 Å². The first-order valence-corrected chi connectivity index (χ1v) is 7.19. The van der Waals surface area contributed by atoms with Crippen LogP contribution in [0.3, 0.4) is 0 Å². The fourth-order valence-corrected chi connectivity index (χ4v) is 2.01. The Morgan fingerprint density at radius 3 is 2.52 bits per heavy atom. The van der Waals surface area contributed by atoms with Gasteiger partial charge >= 0.3 is 6.09 Å². The number of nitrogens with two attached hydrogens (primary N) is 1. The number of ether oxygens (including phenoxy) is 2. The Hall–Kier alpha value is -1.75. The Morgan fingerprint density at radius 2 is 2.05 bits per heavy atom. The summed E-state index contributed by atoms with van der Waals surface area (Å²) in [5.41, 5.74) is 7.24. The van der Waals surface area contributed by atoms with Gasteiger partial charge in [0.2, 0.25) is 0 Å². The van der Waals surface area contributed by atoms with Gasteiger partial charge in [0.15, 0.2) is 0 Å². The molecule has 0 fully saturated rings. The largest absolute Gasteiger partial charge is 0.494 e. The van der Waals surface area contributed by atoms with Gasteiger partial charge in [-0.15, -0.1) is 0 Å². The predicted molar refractivity (Wildman–Crippen MR) is 83.5 cm³/mol. The van der Waals surface area contributed by atoms with Gasteiger partial charge in [-0.2, -0.15) is 0 Å². The van der Waals surface area contributed by atoms with Crippen LogP contribution in [0.5, 0.6) is 5.75 Å². The number of hydrogen-bond acceptors (Lipinski definition) is 4. The van der Waals surface area contributed by atoms with Crippen molar-refractivity contribution in [3.05, 3.63) is 29.3 Å². The number of aryl methyl sites for hydroxylation is 1. The van der Waals surface area contributed by atoms with E-state index in [1.165, 1.54) is 0 Å². The summed E-state index contributed by atoms with van der Waals surface area (Å²) < 4.78 is 10.7. The van der Waals surface area contributed by atoms with Crippen molar-refractivity contribution in [1.82, 2.24) is 5.32 Å². The number of amides is 1. The minimum absolute atomic E-state index is 0.282. The number of hydrogen-bond donors (Lipinski definition) is 2. The van der Waals surface area contributed by atoms with Gasteiger partial charge in [0, 0.05) is 6.54 Å².